The van der Waals surface area contributed by atoms with Crippen LogP contribution in [0.3, 0.4) is 0 Å². The third-order valence-corrected chi connectivity index (χ3v) is 7.09. The van der Waals surface area contributed by atoms with Crippen LogP contribution in [0.5, 0.6) is 5.75 Å². The highest BCUT2D eigenvalue weighted by Crippen LogP contribution is 2.36. The van der Waals surface area contributed by atoms with Crippen LogP contribution in [0.2, 0.25) is 0 Å². The fraction of sp³-hybridized carbons (Fsp3) is 0.435. The maximum Gasteiger partial charge on any atom is 0.267 e. The molecule has 31 heavy (non-hydrogen) atoms. The molecule has 0 bridgehead atoms. The summed E-state index contributed by atoms with van der Waals surface area (Å²) in [6.07, 6.45) is 3.02. The highest BCUT2D eigenvalue weighted by atomic mass is 32.2. The minimum Gasteiger partial charge on any atom is -0.494 e. The number of carbonyl (C=O) groups is 1. The second-order valence-electron chi connectivity index (χ2n) is 8.59. The normalized spacial score (nSPS) is 13.4. The molecule has 0 radical (unpaired) electrons. The van der Waals surface area contributed by atoms with E-state index in [1.165, 1.54) is 16.6 Å². The second-order valence-corrected chi connectivity index (χ2v) is 10.6. The fourth-order valence-corrected chi connectivity index (χ4v) is 5.91. The lowest BCUT2D eigenvalue weighted by atomic mass is 10.1. The van der Waals surface area contributed by atoms with Crippen molar-refractivity contribution in [3.8, 4) is 11.4 Å². The topological polar surface area (TPSA) is 73.2 Å². The summed E-state index contributed by atoms with van der Waals surface area (Å²) in [6.45, 7) is 8.36. The summed E-state index contributed by atoms with van der Waals surface area (Å²) < 4.78 is 7.18. The van der Waals surface area contributed by atoms with Gasteiger partial charge in [-0.15, -0.1) is 11.3 Å². The number of aryl methyl sites for hydroxylation is 2. The van der Waals surface area contributed by atoms with Crippen molar-refractivity contribution in [1.29, 1.82) is 0 Å². The van der Waals surface area contributed by atoms with Gasteiger partial charge >= 0.3 is 0 Å². The molecular weight excluding hydrogens is 430 g/mol. The number of aromatic nitrogens is 2. The minimum atomic E-state index is -0.307. The zero-order chi connectivity index (χ0) is 22.2. The molecule has 1 N–H and O–H groups in total. The number of amides is 1. The third kappa shape index (κ3) is 4.65. The molecule has 6 nitrogen and oxygen atoms in total. The average Bonchev–Trinajstić information content (AvgIpc) is 3.27. The zero-order valence-corrected chi connectivity index (χ0v) is 19.9. The van der Waals surface area contributed by atoms with E-state index >= 15 is 0 Å². The first-order valence-corrected chi connectivity index (χ1v) is 12.3. The van der Waals surface area contributed by atoms with Crippen molar-refractivity contribution in [2.75, 3.05) is 12.4 Å². The van der Waals surface area contributed by atoms with Gasteiger partial charge < -0.3 is 10.1 Å². The Morgan fingerprint density at radius 3 is 2.68 bits per heavy atom. The van der Waals surface area contributed by atoms with E-state index in [0.717, 1.165) is 46.5 Å². The van der Waals surface area contributed by atoms with Crippen LogP contribution < -0.4 is 15.6 Å². The van der Waals surface area contributed by atoms with Gasteiger partial charge in [0, 0.05) is 10.4 Å². The third-order valence-electron chi connectivity index (χ3n) is 4.96. The Kier molecular flexibility index (Phi) is 6.12. The van der Waals surface area contributed by atoms with E-state index < -0.39 is 0 Å². The molecule has 8 heteroatoms. The predicted octanol–water partition coefficient (Wildman–Crippen LogP) is 4.34. The smallest absolute Gasteiger partial charge is 0.267 e. The summed E-state index contributed by atoms with van der Waals surface area (Å²) in [5.41, 5.74) is 1.50. The first-order valence-electron chi connectivity index (χ1n) is 10.5. The molecule has 0 unspecified atom stereocenters. The van der Waals surface area contributed by atoms with Gasteiger partial charge in [0.15, 0.2) is 5.16 Å². The number of thioether (sulfide) groups is 1. The molecule has 3 aromatic rings. The molecule has 1 aromatic carbocycles. The number of thiophene rings is 1. The average molecular weight is 458 g/mol. The lowest BCUT2D eigenvalue weighted by Crippen LogP contribution is -2.41. The maximum atomic E-state index is 13.6. The molecule has 0 spiro atoms. The van der Waals surface area contributed by atoms with E-state index in [4.69, 9.17) is 9.72 Å². The van der Waals surface area contributed by atoms with Crippen LogP contribution in [0.1, 0.15) is 44.6 Å². The molecule has 0 aliphatic heterocycles. The number of nitrogens with zero attached hydrogens (tertiary/aromatic N) is 2. The van der Waals surface area contributed by atoms with E-state index in [9.17, 15) is 9.59 Å². The van der Waals surface area contributed by atoms with Crippen LogP contribution in [0.25, 0.3) is 15.9 Å². The first kappa shape index (κ1) is 21.9. The quantitative estimate of drug-likeness (QED) is 0.440. The Labute approximate surface area is 190 Å². The summed E-state index contributed by atoms with van der Waals surface area (Å²) in [7, 11) is 0. The van der Waals surface area contributed by atoms with Crippen LogP contribution in [0.15, 0.2) is 34.2 Å². The van der Waals surface area contributed by atoms with Gasteiger partial charge in [0.05, 0.1) is 23.4 Å². The summed E-state index contributed by atoms with van der Waals surface area (Å²) >= 11 is 2.90. The molecule has 2 heterocycles. The van der Waals surface area contributed by atoms with Gasteiger partial charge in [-0.3, -0.25) is 14.2 Å². The van der Waals surface area contributed by atoms with Crippen molar-refractivity contribution in [2.45, 2.75) is 57.7 Å². The van der Waals surface area contributed by atoms with Gasteiger partial charge in [0.25, 0.3) is 5.56 Å². The Morgan fingerprint density at radius 1 is 1.26 bits per heavy atom. The molecule has 164 valence electrons. The second kappa shape index (κ2) is 8.67. The molecule has 0 atom stereocenters. The highest BCUT2D eigenvalue weighted by Gasteiger charge is 2.24. The lowest BCUT2D eigenvalue weighted by molar-refractivity contribution is -0.119. The van der Waals surface area contributed by atoms with E-state index in [1.807, 2.05) is 52.0 Å². The monoisotopic (exact) mass is 457 g/mol. The van der Waals surface area contributed by atoms with Gasteiger partial charge in [-0.05, 0) is 76.8 Å². The largest absolute Gasteiger partial charge is 0.494 e. The number of carbonyl (C=O) groups excluding carboxylic acids is 1. The minimum absolute atomic E-state index is 0.0627. The molecule has 1 aliphatic rings. The van der Waals surface area contributed by atoms with Crippen LogP contribution in [0.4, 0.5) is 0 Å². The van der Waals surface area contributed by atoms with E-state index in [1.54, 1.807) is 15.9 Å². The summed E-state index contributed by atoms with van der Waals surface area (Å²) in [5.74, 6) is 0.861. The van der Waals surface area contributed by atoms with Crippen molar-refractivity contribution < 1.29 is 9.53 Å². The molecular formula is C23H27N3O3S2. The standard InChI is InChI=1S/C23H27N3O3S2/c1-5-29-15-11-9-14(10-12-15)26-21(28)19-16-7-6-8-17(16)31-20(19)24-22(26)30-13-18(27)25-23(2,3)4/h9-12H,5-8,13H2,1-4H3,(H,25,27). The van der Waals surface area contributed by atoms with E-state index in [-0.39, 0.29) is 22.8 Å². The van der Waals surface area contributed by atoms with Crippen molar-refractivity contribution in [1.82, 2.24) is 14.9 Å². The van der Waals surface area contributed by atoms with Gasteiger partial charge in [0.2, 0.25) is 5.91 Å². The molecule has 1 aliphatic carbocycles. The number of ether oxygens (including phenoxy) is 1. The molecule has 0 saturated carbocycles. The van der Waals surface area contributed by atoms with E-state index in [0.29, 0.717) is 11.8 Å². The molecule has 1 amide bonds. The molecule has 2 aromatic heterocycles. The Balaban J connectivity index is 1.77. The highest BCUT2D eigenvalue weighted by molar-refractivity contribution is 7.99. The Morgan fingerprint density at radius 2 is 2.00 bits per heavy atom. The number of hydrogen-bond donors (Lipinski definition) is 1. The number of benzene rings is 1. The zero-order valence-electron chi connectivity index (χ0n) is 18.3. The van der Waals surface area contributed by atoms with Gasteiger partial charge in [-0.1, -0.05) is 11.8 Å². The van der Waals surface area contributed by atoms with Crippen molar-refractivity contribution in [3.05, 3.63) is 45.1 Å². The summed E-state index contributed by atoms with van der Waals surface area (Å²) in [5, 5.41) is 4.23. The molecule has 4 rings (SSSR count). The summed E-state index contributed by atoms with van der Waals surface area (Å²) in [4.78, 5) is 32.9. The van der Waals surface area contributed by atoms with Crippen molar-refractivity contribution in [3.63, 3.8) is 0 Å². The van der Waals surface area contributed by atoms with Crippen molar-refractivity contribution in [2.24, 2.45) is 0 Å². The SMILES string of the molecule is CCOc1ccc(-n2c(SCC(=O)NC(C)(C)C)nc3sc4c(c3c2=O)CCC4)cc1. The van der Waals surface area contributed by atoms with Crippen LogP contribution >= 0.6 is 23.1 Å². The number of nitrogens with one attached hydrogen (secondary N) is 1. The van der Waals surface area contributed by atoms with Crippen LogP contribution in [-0.2, 0) is 17.6 Å². The van der Waals surface area contributed by atoms with Crippen molar-refractivity contribution >= 4 is 39.2 Å². The number of hydrogen-bond acceptors (Lipinski definition) is 6. The number of fused-ring (bicyclic) bond motifs is 3. The Bertz CT molecular complexity index is 1170. The molecule has 0 saturated heterocycles. The fourth-order valence-electron chi connectivity index (χ4n) is 3.79. The first-order chi connectivity index (χ1) is 14.8. The summed E-state index contributed by atoms with van der Waals surface area (Å²) in [6, 6.07) is 7.44. The maximum absolute atomic E-state index is 13.6. The molecule has 0 fully saturated rings. The lowest BCUT2D eigenvalue weighted by Gasteiger charge is -2.20. The van der Waals surface area contributed by atoms with Gasteiger partial charge in [0.1, 0.15) is 10.6 Å². The van der Waals surface area contributed by atoms with E-state index in [2.05, 4.69) is 5.32 Å². The predicted molar refractivity (Wildman–Crippen MR) is 127 cm³/mol. The van der Waals surface area contributed by atoms with Crippen LogP contribution in [-0.4, -0.2) is 33.4 Å². The number of rotatable bonds is 6. The van der Waals surface area contributed by atoms with Gasteiger partial charge in [-0.2, -0.15) is 0 Å². The van der Waals surface area contributed by atoms with Crippen LogP contribution in [0, 0.1) is 0 Å². The van der Waals surface area contributed by atoms with Gasteiger partial charge in [-0.25, -0.2) is 4.98 Å². The Hall–Kier alpha value is -2.32.